The van der Waals surface area contributed by atoms with E-state index >= 15 is 0 Å². The molecule has 1 aliphatic rings. The summed E-state index contributed by atoms with van der Waals surface area (Å²) < 4.78 is 16.5. The number of alkyl halides is 1. The van der Waals surface area contributed by atoms with E-state index < -0.39 is 5.67 Å². The van der Waals surface area contributed by atoms with Crippen LogP contribution in [0.1, 0.15) is 32.6 Å². The summed E-state index contributed by atoms with van der Waals surface area (Å²) in [5.74, 6) is 0.604. The number of nitrogens with one attached hydrogen (secondary N) is 2. The topological polar surface area (TPSA) is 74.6 Å². The third kappa shape index (κ3) is 3.95. The van der Waals surface area contributed by atoms with E-state index in [0.717, 1.165) is 18.4 Å². The highest BCUT2D eigenvalue weighted by molar-refractivity contribution is 5.81. The van der Waals surface area contributed by atoms with E-state index in [2.05, 4.69) is 20.7 Å². The van der Waals surface area contributed by atoms with Crippen molar-refractivity contribution in [1.82, 2.24) is 24.8 Å². The van der Waals surface area contributed by atoms with E-state index in [-0.39, 0.29) is 24.5 Å². The molecule has 2 aromatic heterocycles. The van der Waals surface area contributed by atoms with Crippen molar-refractivity contribution < 1.29 is 9.18 Å². The normalized spacial score (nSPS) is 23.7. The van der Waals surface area contributed by atoms with E-state index in [1.54, 1.807) is 4.52 Å². The van der Waals surface area contributed by atoms with Crippen molar-refractivity contribution >= 4 is 17.2 Å². The molecule has 2 aromatic rings. The number of fused-ring (bicyclic) bond motifs is 1. The van der Waals surface area contributed by atoms with E-state index in [9.17, 15) is 9.18 Å². The van der Waals surface area contributed by atoms with Gasteiger partial charge in [0, 0.05) is 25.1 Å². The van der Waals surface area contributed by atoms with Gasteiger partial charge in [-0.1, -0.05) is 13.3 Å². The summed E-state index contributed by atoms with van der Waals surface area (Å²) in [4.78, 5) is 18.4. The Morgan fingerprint density at radius 3 is 2.96 bits per heavy atom. The van der Waals surface area contributed by atoms with Crippen LogP contribution in [-0.2, 0) is 4.79 Å². The molecule has 1 fully saturated rings. The predicted molar refractivity (Wildman–Crippen MR) is 98.9 cm³/mol. The molecule has 1 atom stereocenters. The third-order valence-corrected chi connectivity index (χ3v) is 4.97. The van der Waals surface area contributed by atoms with Gasteiger partial charge in [-0.2, -0.15) is 5.10 Å². The number of anilines is 1. The zero-order valence-electron chi connectivity index (χ0n) is 15.6. The molecule has 1 aliphatic carbocycles. The van der Waals surface area contributed by atoms with Crippen molar-refractivity contribution in [2.75, 3.05) is 26.0 Å². The minimum atomic E-state index is -1.36. The van der Waals surface area contributed by atoms with Crippen LogP contribution in [0.5, 0.6) is 0 Å². The maximum atomic E-state index is 14.8. The van der Waals surface area contributed by atoms with Crippen LogP contribution in [0.2, 0.25) is 0 Å². The summed E-state index contributed by atoms with van der Waals surface area (Å²) in [7, 11) is 3.75. The number of hydrogen-bond acceptors (Lipinski definition) is 5. The highest BCUT2D eigenvalue weighted by atomic mass is 19.1. The van der Waals surface area contributed by atoms with Crippen molar-refractivity contribution in [3.05, 3.63) is 24.7 Å². The minimum Gasteiger partial charge on any atom is -0.365 e. The molecule has 1 unspecified atom stereocenters. The third-order valence-electron chi connectivity index (χ3n) is 4.97. The predicted octanol–water partition coefficient (Wildman–Crippen LogP) is 1.86. The van der Waals surface area contributed by atoms with E-state index in [1.165, 1.54) is 6.33 Å². The minimum absolute atomic E-state index is 0.00536. The van der Waals surface area contributed by atoms with Crippen molar-refractivity contribution in [2.45, 2.75) is 50.4 Å². The second-order valence-corrected chi connectivity index (χ2v) is 7.33. The van der Waals surface area contributed by atoms with Gasteiger partial charge in [0.15, 0.2) is 5.82 Å². The van der Waals surface area contributed by atoms with Gasteiger partial charge in [0.05, 0.1) is 12.6 Å². The van der Waals surface area contributed by atoms with Gasteiger partial charge in [-0.05, 0) is 32.6 Å². The molecule has 2 N–H and O–H groups in total. The summed E-state index contributed by atoms with van der Waals surface area (Å²) in [5, 5.41) is 10.2. The molecule has 1 amide bonds. The average Bonchev–Trinajstić information content (AvgIpc) is 3.05. The Morgan fingerprint density at radius 1 is 1.50 bits per heavy atom. The van der Waals surface area contributed by atoms with Crippen LogP contribution >= 0.6 is 0 Å². The number of likely N-dealkylation sites (N-methyl/N-ethyl adjacent to an activating group) is 1. The lowest BCUT2D eigenvalue weighted by Gasteiger charge is -2.42. The summed E-state index contributed by atoms with van der Waals surface area (Å²) in [5.41, 5.74) is -0.493. The van der Waals surface area contributed by atoms with Crippen LogP contribution < -0.4 is 10.6 Å². The quantitative estimate of drug-likeness (QED) is 0.750. The van der Waals surface area contributed by atoms with Gasteiger partial charge in [-0.15, -0.1) is 0 Å². The molecule has 1 saturated carbocycles. The molecule has 2 heterocycles. The van der Waals surface area contributed by atoms with E-state index in [4.69, 9.17) is 0 Å². The van der Waals surface area contributed by atoms with Gasteiger partial charge < -0.3 is 10.6 Å². The number of hydrogen-bond donors (Lipinski definition) is 2. The number of aromatic nitrogens is 3. The lowest BCUT2D eigenvalue weighted by Crippen LogP contribution is -2.56. The molecule has 0 aliphatic heterocycles. The molecular weight excluding hydrogens is 335 g/mol. The first-order valence-corrected chi connectivity index (χ1v) is 9.10. The zero-order valence-corrected chi connectivity index (χ0v) is 15.6. The molecular formula is C18H27FN6O. The molecule has 7 nitrogen and oxygen atoms in total. The van der Waals surface area contributed by atoms with Crippen LogP contribution in [0.15, 0.2) is 24.7 Å². The molecule has 26 heavy (non-hydrogen) atoms. The van der Waals surface area contributed by atoms with Gasteiger partial charge in [-0.25, -0.2) is 13.9 Å². The average molecular weight is 362 g/mol. The summed E-state index contributed by atoms with van der Waals surface area (Å²) in [6, 6.07) is 3.61. The van der Waals surface area contributed by atoms with Gasteiger partial charge in [0.2, 0.25) is 5.91 Å². The standard InChI is InChI=1S/C18H27FN6O/c1-4-6-15(24(2)3)17(26)20-11-18(19)9-13(10-18)23-16-14-7-5-8-25(14)22-12-21-16/h5,7-8,12-13,15H,4,6,9-11H2,1-3H3,(H,20,26)(H,21,22,23). The maximum Gasteiger partial charge on any atom is 0.237 e. The zero-order chi connectivity index (χ0) is 18.7. The van der Waals surface area contributed by atoms with E-state index in [1.807, 2.05) is 44.2 Å². The van der Waals surface area contributed by atoms with Crippen LogP contribution in [-0.4, -0.2) is 63.8 Å². The molecule has 0 spiro atoms. The number of nitrogens with zero attached hydrogens (tertiary/aromatic N) is 4. The fourth-order valence-electron chi connectivity index (χ4n) is 3.50. The Hall–Kier alpha value is -2.22. The smallest absolute Gasteiger partial charge is 0.237 e. The SMILES string of the molecule is CCCC(C(=O)NCC1(F)CC(Nc2ncnn3cccc23)C1)N(C)C. The molecule has 142 valence electrons. The largest absolute Gasteiger partial charge is 0.365 e. The van der Waals surface area contributed by atoms with Gasteiger partial charge in [0.25, 0.3) is 0 Å². The van der Waals surface area contributed by atoms with Crippen LogP contribution in [0.25, 0.3) is 5.52 Å². The molecule has 0 saturated heterocycles. The summed E-state index contributed by atoms with van der Waals surface area (Å²) in [6.07, 6.45) is 5.70. The van der Waals surface area contributed by atoms with Crippen molar-refractivity contribution in [2.24, 2.45) is 0 Å². The molecule has 0 bridgehead atoms. The number of carbonyl (C=O) groups is 1. The van der Waals surface area contributed by atoms with Crippen LogP contribution in [0, 0.1) is 0 Å². The fourth-order valence-corrected chi connectivity index (χ4v) is 3.50. The highest BCUT2D eigenvalue weighted by Gasteiger charge is 2.45. The highest BCUT2D eigenvalue weighted by Crippen LogP contribution is 2.37. The van der Waals surface area contributed by atoms with Crippen LogP contribution in [0.3, 0.4) is 0 Å². The summed E-state index contributed by atoms with van der Waals surface area (Å²) >= 11 is 0. The fraction of sp³-hybridized carbons (Fsp3) is 0.611. The first-order chi connectivity index (χ1) is 12.4. The summed E-state index contributed by atoms with van der Waals surface area (Å²) in [6.45, 7) is 2.10. The first-order valence-electron chi connectivity index (χ1n) is 9.10. The maximum absolute atomic E-state index is 14.8. The number of rotatable bonds is 8. The second-order valence-electron chi connectivity index (χ2n) is 7.33. The molecule has 0 aromatic carbocycles. The Balaban J connectivity index is 1.50. The molecule has 8 heteroatoms. The Kier molecular flexibility index (Phi) is 5.41. The number of carbonyl (C=O) groups excluding carboxylic acids is 1. The van der Waals surface area contributed by atoms with Gasteiger partial charge in [0.1, 0.15) is 17.5 Å². The van der Waals surface area contributed by atoms with Gasteiger partial charge >= 0.3 is 0 Å². The van der Waals surface area contributed by atoms with Crippen molar-refractivity contribution in [1.29, 1.82) is 0 Å². The van der Waals surface area contributed by atoms with E-state index in [0.29, 0.717) is 18.7 Å². The van der Waals surface area contributed by atoms with Crippen LogP contribution in [0.4, 0.5) is 10.2 Å². The molecule has 3 rings (SSSR count). The lowest BCUT2D eigenvalue weighted by molar-refractivity contribution is -0.127. The molecule has 0 radical (unpaired) electrons. The Bertz CT molecular complexity index is 755. The Morgan fingerprint density at radius 2 is 2.27 bits per heavy atom. The van der Waals surface area contributed by atoms with Crippen molar-refractivity contribution in [3.63, 3.8) is 0 Å². The van der Waals surface area contributed by atoms with Crippen molar-refractivity contribution in [3.8, 4) is 0 Å². The monoisotopic (exact) mass is 362 g/mol. The Labute approximate surface area is 153 Å². The van der Waals surface area contributed by atoms with Gasteiger partial charge in [-0.3, -0.25) is 9.69 Å². The number of halogens is 1. The lowest BCUT2D eigenvalue weighted by atomic mass is 9.77. The second kappa shape index (κ2) is 7.57. The number of amides is 1. The first kappa shape index (κ1) is 18.6.